The van der Waals surface area contributed by atoms with Gasteiger partial charge in [-0.1, -0.05) is 52.7 Å². The van der Waals surface area contributed by atoms with E-state index in [2.05, 4.69) is 47.0 Å². The van der Waals surface area contributed by atoms with Gasteiger partial charge in [0, 0.05) is 10.7 Å². The molecule has 1 aromatic rings. The Labute approximate surface area is 199 Å². The smallest absolute Gasteiger partial charge is 0.160 e. The second-order valence-electron chi connectivity index (χ2n) is 12.7. The van der Waals surface area contributed by atoms with Crippen molar-refractivity contribution in [1.82, 2.24) is 0 Å². The zero-order chi connectivity index (χ0) is 23.3. The SMILES string of the molecule is CSC1C=C2C(C)(CC[C@@]3(C)C4CC(C)CCC4(C)CCC23C)c2cc(O)c(O)c(C)c21. The molecule has 3 saturated carbocycles. The summed E-state index contributed by atoms with van der Waals surface area (Å²) in [6, 6.07) is 1.90. The van der Waals surface area contributed by atoms with Crippen molar-refractivity contribution in [3.8, 4) is 11.5 Å². The third-order valence-electron chi connectivity index (χ3n) is 11.3. The van der Waals surface area contributed by atoms with Crippen LogP contribution in [0.2, 0.25) is 0 Å². The number of fused-ring (bicyclic) bond motifs is 7. The fourth-order valence-corrected chi connectivity index (χ4v) is 9.74. The van der Waals surface area contributed by atoms with Crippen molar-refractivity contribution < 1.29 is 10.2 Å². The molecule has 5 rings (SSSR count). The van der Waals surface area contributed by atoms with Crippen molar-refractivity contribution in [3.63, 3.8) is 0 Å². The van der Waals surface area contributed by atoms with Crippen LogP contribution in [0.4, 0.5) is 0 Å². The topological polar surface area (TPSA) is 40.5 Å². The average Bonchev–Trinajstić information content (AvgIpc) is 2.75. The molecule has 3 heteroatoms. The first kappa shape index (κ1) is 22.7. The minimum atomic E-state index is -0.0697. The summed E-state index contributed by atoms with van der Waals surface area (Å²) in [5.74, 6) is 1.72. The Kier molecular flexibility index (Phi) is 4.94. The highest BCUT2D eigenvalue weighted by Crippen LogP contribution is 2.74. The average molecular weight is 455 g/mol. The van der Waals surface area contributed by atoms with E-state index in [1.54, 1.807) is 5.57 Å². The number of thioether (sulfide) groups is 1. The number of phenolic OH excluding ortho intramolecular Hbond substituents is 2. The lowest BCUT2D eigenvalue weighted by Gasteiger charge is -2.69. The van der Waals surface area contributed by atoms with Crippen molar-refractivity contribution in [2.75, 3.05) is 6.26 Å². The zero-order valence-electron chi connectivity index (χ0n) is 21.1. The Morgan fingerprint density at radius 3 is 2.41 bits per heavy atom. The maximum Gasteiger partial charge on any atom is 0.160 e. The van der Waals surface area contributed by atoms with Crippen LogP contribution >= 0.6 is 11.8 Å². The quantitative estimate of drug-likeness (QED) is 0.333. The molecule has 0 radical (unpaired) electrons. The van der Waals surface area contributed by atoms with Crippen LogP contribution in [-0.2, 0) is 5.41 Å². The lowest BCUT2D eigenvalue weighted by Crippen LogP contribution is -2.61. The van der Waals surface area contributed by atoms with Crippen LogP contribution in [0.1, 0.15) is 102 Å². The summed E-state index contributed by atoms with van der Waals surface area (Å²) in [5, 5.41) is 21.4. The lowest BCUT2D eigenvalue weighted by atomic mass is 9.35. The van der Waals surface area contributed by atoms with Crippen molar-refractivity contribution in [3.05, 3.63) is 34.4 Å². The second-order valence-corrected chi connectivity index (χ2v) is 13.7. The predicted molar refractivity (Wildman–Crippen MR) is 135 cm³/mol. The summed E-state index contributed by atoms with van der Waals surface area (Å²) in [4.78, 5) is 0. The molecule has 0 bridgehead atoms. The number of hydrogen-bond donors (Lipinski definition) is 2. The highest BCUT2D eigenvalue weighted by atomic mass is 32.2. The number of rotatable bonds is 1. The number of benzene rings is 1. The summed E-state index contributed by atoms with van der Waals surface area (Å²) in [7, 11) is 0. The van der Waals surface area contributed by atoms with Gasteiger partial charge in [0.05, 0.1) is 0 Å². The van der Waals surface area contributed by atoms with Gasteiger partial charge in [-0.05, 0) is 103 Å². The lowest BCUT2D eigenvalue weighted by molar-refractivity contribution is -0.145. The van der Waals surface area contributed by atoms with Crippen molar-refractivity contribution in [2.24, 2.45) is 28.1 Å². The highest BCUT2D eigenvalue weighted by Gasteiger charge is 2.65. The van der Waals surface area contributed by atoms with Crippen molar-refractivity contribution >= 4 is 11.8 Å². The first-order valence-electron chi connectivity index (χ1n) is 12.7. The molecule has 32 heavy (non-hydrogen) atoms. The van der Waals surface area contributed by atoms with Crippen LogP contribution in [0.3, 0.4) is 0 Å². The molecule has 6 unspecified atom stereocenters. The number of phenols is 2. The molecule has 0 saturated heterocycles. The van der Waals surface area contributed by atoms with Gasteiger partial charge in [-0.3, -0.25) is 0 Å². The molecule has 0 aromatic heterocycles. The molecule has 7 atom stereocenters. The van der Waals surface area contributed by atoms with Crippen LogP contribution in [0, 0.1) is 35.0 Å². The van der Waals surface area contributed by atoms with Gasteiger partial charge in [0.2, 0.25) is 0 Å². The molecular weight excluding hydrogens is 412 g/mol. The Hall–Kier alpha value is -1.09. The van der Waals surface area contributed by atoms with Crippen LogP contribution in [0.25, 0.3) is 0 Å². The van der Waals surface area contributed by atoms with E-state index in [0.717, 1.165) is 23.8 Å². The minimum absolute atomic E-state index is 0.0411. The van der Waals surface area contributed by atoms with E-state index in [9.17, 15) is 10.2 Å². The van der Waals surface area contributed by atoms with E-state index in [1.165, 1.54) is 49.7 Å². The molecule has 1 aromatic carbocycles. The first-order valence-corrected chi connectivity index (χ1v) is 14.0. The van der Waals surface area contributed by atoms with Gasteiger partial charge in [0.15, 0.2) is 11.5 Å². The minimum Gasteiger partial charge on any atom is -0.504 e. The maximum absolute atomic E-state index is 10.6. The monoisotopic (exact) mass is 454 g/mol. The molecule has 0 heterocycles. The molecule has 0 amide bonds. The van der Waals surface area contributed by atoms with Gasteiger partial charge in [-0.25, -0.2) is 0 Å². The molecule has 4 aliphatic carbocycles. The van der Waals surface area contributed by atoms with E-state index in [0.29, 0.717) is 10.8 Å². The Balaban J connectivity index is 1.70. The van der Waals surface area contributed by atoms with E-state index < -0.39 is 0 Å². The zero-order valence-corrected chi connectivity index (χ0v) is 22.0. The van der Waals surface area contributed by atoms with Crippen molar-refractivity contribution in [1.29, 1.82) is 0 Å². The molecule has 4 aliphatic rings. The van der Waals surface area contributed by atoms with Crippen LogP contribution in [0.5, 0.6) is 11.5 Å². The highest BCUT2D eigenvalue weighted by molar-refractivity contribution is 7.99. The van der Waals surface area contributed by atoms with Crippen LogP contribution < -0.4 is 0 Å². The molecule has 2 N–H and O–H groups in total. The fraction of sp³-hybridized carbons (Fsp3) is 0.724. The van der Waals surface area contributed by atoms with Gasteiger partial charge in [0.1, 0.15) is 0 Å². The summed E-state index contributed by atoms with van der Waals surface area (Å²) < 4.78 is 0. The molecule has 0 spiro atoms. The molecular formula is C29H42O2S. The third-order valence-corrected chi connectivity index (χ3v) is 12.2. The predicted octanol–water partition coefficient (Wildman–Crippen LogP) is 8.05. The number of aromatic hydroxyl groups is 2. The van der Waals surface area contributed by atoms with Crippen LogP contribution in [0.15, 0.2) is 17.7 Å². The van der Waals surface area contributed by atoms with Gasteiger partial charge in [-0.15, -0.1) is 0 Å². The molecule has 2 nitrogen and oxygen atoms in total. The first-order chi connectivity index (χ1) is 14.9. The number of allylic oxidation sites excluding steroid dienone is 1. The Morgan fingerprint density at radius 1 is 1.00 bits per heavy atom. The standard InChI is InChI=1S/C29H42O2S/c1-17-8-9-26(3)10-12-29(6)23-16-21(32-7)24-18(2)25(31)20(30)15-19(24)27(23,4)11-13-28(29,5)22(26)14-17/h15-17,21-22,30-31H,8-14H2,1-7H3/t17?,21?,22?,26?,27?,28-,29?/m0/s1. The molecule has 3 fully saturated rings. The Morgan fingerprint density at radius 2 is 1.72 bits per heavy atom. The Bertz CT molecular complexity index is 997. The van der Waals surface area contributed by atoms with E-state index in [-0.39, 0.29) is 27.6 Å². The summed E-state index contributed by atoms with van der Waals surface area (Å²) in [6.45, 7) is 14.7. The van der Waals surface area contributed by atoms with E-state index >= 15 is 0 Å². The number of hydrogen-bond acceptors (Lipinski definition) is 3. The van der Waals surface area contributed by atoms with Gasteiger partial charge >= 0.3 is 0 Å². The normalized spacial score (nSPS) is 45.2. The van der Waals surface area contributed by atoms with Crippen LogP contribution in [-0.4, -0.2) is 16.5 Å². The fourth-order valence-electron chi connectivity index (χ4n) is 8.93. The third kappa shape index (κ3) is 2.67. The summed E-state index contributed by atoms with van der Waals surface area (Å²) in [5.41, 5.74) is 5.88. The van der Waals surface area contributed by atoms with Gasteiger partial charge < -0.3 is 10.2 Å². The van der Waals surface area contributed by atoms with E-state index in [1.807, 2.05) is 24.8 Å². The van der Waals surface area contributed by atoms with Gasteiger partial charge in [0.25, 0.3) is 0 Å². The summed E-state index contributed by atoms with van der Waals surface area (Å²) in [6.07, 6.45) is 13.9. The maximum atomic E-state index is 10.6. The largest absolute Gasteiger partial charge is 0.504 e. The summed E-state index contributed by atoms with van der Waals surface area (Å²) >= 11 is 1.86. The molecule has 0 aliphatic heterocycles. The van der Waals surface area contributed by atoms with Gasteiger partial charge in [-0.2, -0.15) is 11.8 Å². The second kappa shape index (κ2) is 6.96. The van der Waals surface area contributed by atoms with E-state index in [4.69, 9.17) is 0 Å². The molecule has 176 valence electrons. The van der Waals surface area contributed by atoms with Crippen molar-refractivity contribution in [2.45, 2.75) is 97.2 Å².